The third-order valence-corrected chi connectivity index (χ3v) is 6.94. The molecule has 2 aliphatic rings. The van der Waals surface area contributed by atoms with E-state index in [9.17, 15) is 19.5 Å². The fourth-order valence-electron chi connectivity index (χ4n) is 5.11. The molecule has 0 spiro atoms. The molecule has 1 fully saturated rings. The van der Waals surface area contributed by atoms with Gasteiger partial charge in [0.2, 0.25) is 5.91 Å². The molecule has 0 aliphatic heterocycles. The van der Waals surface area contributed by atoms with Crippen LogP contribution in [0.15, 0.2) is 48.5 Å². The first-order valence-electron chi connectivity index (χ1n) is 11.9. The highest BCUT2D eigenvalue weighted by Crippen LogP contribution is 2.44. The van der Waals surface area contributed by atoms with E-state index in [1.54, 1.807) is 0 Å². The van der Waals surface area contributed by atoms with Crippen molar-refractivity contribution in [2.45, 2.75) is 63.5 Å². The van der Waals surface area contributed by atoms with E-state index in [0.717, 1.165) is 17.5 Å². The van der Waals surface area contributed by atoms with Gasteiger partial charge in [-0.05, 0) is 55.4 Å². The van der Waals surface area contributed by atoms with Crippen molar-refractivity contribution >= 4 is 18.0 Å². The molecule has 0 aromatic heterocycles. The Morgan fingerprint density at radius 2 is 1.62 bits per heavy atom. The number of nitrogens with one attached hydrogen (secondary N) is 2. The van der Waals surface area contributed by atoms with Crippen LogP contribution >= 0.6 is 0 Å². The van der Waals surface area contributed by atoms with Crippen LogP contribution in [-0.4, -0.2) is 41.3 Å². The van der Waals surface area contributed by atoms with E-state index in [0.29, 0.717) is 19.3 Å². The SMILES string of the molecule is CC(C)(CCC(=O)N[C@@H]1CCC[C@@H]1C(=O)O)NC(=O)OCC1c2ccccc2-c2ccccc21. The maximum absolute atomic E-state index is 12.6. The lowest BCUT2D eigenvalue weighted by Gasteiger charge is -2.26. The molecule has 2 atom stereocenters. The molecule has 4 rings (SSSR count). The number of ether oxygens (including phenoxy) is 1. The largest absolute Gasteiger partial charge is 0.481 e. The van der Waals surface area contributed by atoms with Gasteiger partial charge in [0.1, 0.15) is 6.61 Å². The molecule has 2 aromatic carbocycles. The summed E-state index contributed by atoms with van der Waals surface area (Å²) in [6, 6.07) is 16.0. The molecule has 2 aromatic rings. The first-order valence-corrected chi connectivity index (χ1v) is 11.9. The third-order valence-electron chi connectivity index (χ3n) is 6.94. The average molecular weight is 465 g/mol. The van der Waals surface area contributed by atoms with Gasteiger partial charge in [-0.25, -0.2) is 4.79 Å². The summed E-state index contributed by atoms with van der Waals surface area (Å²) in [5.74, 6) is -1.59. The van der Waals surface area contributed by atoms with E-state index in [4.69, 9.17) is 4.74 Å². The van der Waals surface area contributed by atoms with Gasteiger partial charge in [0, 0.05) is 23.9 Å². The number of aliphatic carboxylic acids is 1. The number of hydrogen-bond acceptors (Lipinski definition) is 4. The minimum Gasteiger partial charge on any atom is -0.481 e. The zero-order valence-electron chi connectivity index (χ0n) is 19.7. The fraction of sp³-hybridized carbons (Fsp3) is 0.444. The molecule has 34 heavy (non-hydrogen) atoms. The summed E-state index contributed by atoms with van der Waals surface area (Å²) in [5.41, 5.74) is 4.00. The molecule has 7 heteroatoms. The van der Waals surface area contributed by atoms with Crippen molar-refractivity contribution in [2.24, 2.45) is 5.92 Å². The molecular weight excluding hydrogens is 432 g/mol. The zero-order valence-corrected chi connectivity index (χ0v) is 19.7. The van der Waals surface area contributed by atoms with Crippen LogP contribution in [-0.2, 0) is 14.3 Å². The topological polar surface area (TPSA) is 105 Å². The molecular formula is C27H32N2O5. The van der Waals surface area contributed by atoms with Crippen molar-refractivity contribution in [3.63, 3.8) is 0 Å². The van der Waals surface area contributed by atoms with Gasteiger partial charge in [-0.1, -0.05) is 55.0 Å². The van der Waals surface area contributed by atoms with E-state index in [1.165, 1.54) is 11.1 Å². The lowest BCUT2D eigenvalue weighted by Crippen LogP contribution is -2.45. The van der Waals surface area contributed by atoms with Crippen LogP contribution in [0.2, 0.25) is 0 Å². The second-order valence-electron chi connectivity index (χ2n) is 9.88. The van der Waals surface area contributed by atoms with Crippen molar-refractivity contribution in [2.75, 3.05) is 6.61 Å². The Bertz CT molecular complexity index is 1030. The first-order chi connectivity index (χ1) is 16.2. The highest BCUT2D eigenvalue weighted by molar-refractivity contribution is 5.80. The molecule has 2 amide bonds. The fourth-order valence-corrected chi connectivity index (χ4v) is 5.11. The number of fused-ring (bicyclic) bond motifs is 3. The van der Waals surface area contributed by atoms with Crippen LogP contribution in [0.3, 0.4) is 0 Å². The Morgan fingerprint density at radius 1 is 1.00 bits per heavy atom. The summed E-state index contributed by atoms with van der Waals surface area (Å²) in [5, 5.41) is 15.0. The number of hydrogen-bond donors (Lipinski definition) is 3. The molecule has 3 N–H and O–H groups in total. The summed E-state index contributed by atoms with van der Waals surface area (Å²) < 4.78 is 5.61. The van der Waals surface area contributed by atoms with Crippen LogP contribution in [0.25, 0.3) is 11.1 Å². The number of carbonyl (C=O) groups excluding carboxylic acids is 2. The second-order valence-corrected chi connectivity index (χ2v) is 9.88. The van der Waals surface area contributed by atoms with Crippen LogP contribution < -0.4 is 10.6 Å². The molecule has 2 aliphatic carbocycles. The van der Waals surface area contributed by atoms with Crippen molar-refractivity contribution in [1.82, 2.24) is 10.6 Å². The standard InChI is InChI=1S/C27H32N2O5/c1-27(2,15-14-24(30)28-23-13-7-12-21(23)25(31)32)29-26(33)34-16-22-19-10-5-3-8-17(19)18-9-4-6-11-20(18)22/h3-6,8-11,21-23H,7,12-16H2,1-2H3,(H,28,30)(H,29,33)(H,31,32)/t21-,23+/m0/s1. The van der Waals surface area contributed by atoms with E-state index >= 15 is 0 Å². The number of alkyl carbamates (subject to hydrolysis) is 1. The lowest BCUT2D eigenvalue weighted by atomic mass is 9.97. The van der Waals surface area contributed by atoms with Gasteiger partial charge < -0.3 is 20.5 Å². The second kappa shape index (κ2) is 9.87. The number of rotatable bonds is 8. The summed E-state index contributed by atoms with van der Waals surface area (Å²) in [7, 11) is 0. The Balaban J connectivity index is 1.27. The lowest BCUT2D eigenvalue weighted by molar-refractivity contribution is -0.142. The minimum absolute atomic E-state index is 0.0133. The van der Waals surface area contributed by atoms with Crippen molar-refractivity contribution in [3.8, 4) is 11.1 Å². The molecule has 180 valence electrons. The highest BCUT2D eigenvalue weighted by Gasteiger charge is 2.34. The Labute approximate surface area is 199 Å². The van der Waals surface area contributed by atoms with Gasteiger partial charge >= 0.3 is 12.1 Å². The maximum Gasteiger partial charge on any atom is 0.407 e. The van der Waals surface area contributed by atoms with E-state index < -0.39 is 23.5 Å². The minimum atomic E-state index is -0.861. The number of benzene rings is 2. The average Bonchev–Trinajstić information content (AvgIpc) is 3.39. The molecule has 0 heterocycles. The van der Waals surface area contributed by atoms with Crippen LogP contribution in [0.1, 0.15) is 63.0 Å². The Hall–Kier alpha value is -3.35. The Morgan fingerprint density at radius 3 is 2.24 bits per heavy atom. The van der Waals surface area contributed by atoms with Gasteiger partial charge in [0.25, 0.3) is 0 Å². The third kappa shape index (κ3) is 5.24. The van der Waals surface area contributed by atoms with Crippen LogP contribution in [0.4, 0.5) is 4.79 Å². The predicted octanol–water partition coefficient (Wildman–Crippen LogP) is 4.45. The number of carboxylic acids is 1. The van der Waals surface area contributed by atoms with Gasteiger partial charge in [-0.3, -0.25) is 9.59 Å². The smallest absolute Gasteiger partial charge is 0.407 e. The van der Waals surface area contributed by atoms with E-state index in [2.05, 4.69) is 34.9 Å². The monoisotopic (exact) mass is 464 g/mol. The molecule has 0 bridgehead atoms. The molecule has 0 unspecified atom stereocenters. The number of carbonyl (C=O) groups is 3. The van der Waals surface area contributed by atoms with Crippen molar-refractivity contribution in [3.05, 3.63) is 59.7 Å². The first kappa shape index (κ1) is 23.8. The van der Waals surface area contributed by atoms with Crippen LogP contribution in [0.5, 0.6) is 0 Å². The normalized spacial score (nSPS) is 19.2. The van der Waals surface area contributed by atoms with Crippen molar-refractivity contribution < 1.29 is 24.2 Å². The van der Waals surface area contributed by atoms with Crippen molar-refractivity contribution in [1.29, 1.82) is 0 Å². The maximum atomic E-state index is 12.6. The molecule has 7 nitrogen and oxygen atoms in total. The van der Waals surface area contributed by atoms with Gasteiger partial charge in [-0.2, -0.15) is 0 Å². The molecule has 0 radical (unpaired) electrons. The predicted molar refractivity (Wildman–Crippen MR) is 128 cm³/mol. The van der Waals surface area contributed by atoms with Gasteiger partial charge in [0.15, 0.2) is 0 Å². The Kier molecular flexibility index (Phi) is 6.91. The van der Waals surface area contributed by atoms with Crippen LogP contribution in [0, 0.1) is 5.92 Å². The summed E-state index contributed by atoms with van der Waals surface area (Å²) in [4.78, 5) is 36.3. The van der Waals surface area contributed by atoms with Gasteiger partial charge in [-0.15, -0.1) is 0 Å². The number of amides is 2. The molecule has 0 saturated heterocycles. The van der Waals surface area contributed by atoms with E-state index in [-0.39, 0.29) is 30.9 Å². The summed E-state index contributed by atoms with van der Waals surface area (Å²) in [6.45, 7) is 3.92. The summed E-state index contributed by atoms with van der Waals surface area (Å²) in [6.07, 6.45) is 2.16. The van der Waals surface area contributed by atoms with Gasteiger partial charge in [0.05, 0.1) is 5.92 Å². The summed E-state index contributed by atoms with van der Waals surface area (Å²) >= 11 is 0. The molecule has 1 saturated carbocycles. The zero-order chi connectivity index (χ0) is 24.3. The highest BCUT2D eigenvalue weighted by atomic mass is 16.5. The number of carboxylic acid groups (broad SMARTS) is 1. The van der Waals surface area contributed by atoms with E-state index in [1.807, 2.05) is 38.1 Å². The quantitative estimate of drug-likeness (QED) is 0.535.